The molecule has 41 heavy (non-hydrogen) atoms. The van der Waals surface area contributed by atoms with Crippen molar-refractivity contribution in [2.24, 2.45) is 34.5 Å². The fourth-order valence-electron chi connectivity index (χ4n) is 11.8. The standard InChI is InChI=1S/C34H57N2O5/c1-6-36(16-8-7-9-17-36)30-21-28-26-11-10-25-20-31(40-23(2)37)29(35-14-18-39-19-15-35)22-34(25,5)27(26)12-13-33(28,4)32(30)41-24(3)38/h25-32H,6-22H2,1-5H3/q+1/t25-,26+,27-,28-,29-,30-,31-,32-,33-,34-/m0/s1. The van der Waals surface area contributed by atoms with Crippen molar-refractivity contribution in [3.63, 3.8) is 0 Å². The quantitative estimate of drug-likeness (QED) is 0.333. The average molecular weight is 574 g/mol. The lowest BCUT2D eigenvalue weighted by Crippen LogP contribution is -2.63. The second-order valence-electron chi connectivity index (χ2n) is 15.4. The van der Waals surface area contributed by atoms with Crippen molar-refractivity contribution in [1.82, 2.24) is 4.90 Å². The van der Waals surface area contributed by atoms with Crippen molar-refractivity contribution in [3.05, 3.63) is 0 Å². The predicted molar refractivity (Wildman–Crippen MR) is 158 cm³/mol. The molecule has 0 radical (unpaired) electrons. The Morgan fingerprint density at radius 3 is 2.27 bits per heavy atom. The third kappa shape index (κ3) is 5.08. The Kier molecular flexibility index (Phi) is 8.30. The first kappa shape index (κ1) is 29.9. The minimum absolute atomic E-state index is 0.00805. The molecule has 0 aromatic heterocycles. The topological polar surface area (TPSA) is 65.1 Å². The summed E-state index contributed by atoms with van der Waals surface area (Å²) in [6.07, 6.45) is 12.2. The zero-order valence-corrected chi connectivity index (χ0v) is 26.6. The number of esters is 2. The summed E-state index contributed by atoms with van der Waals surface area (Å²) >= 11 is 0. The van der Waals surface area contributed by atoms with Crippen LogP contribution in [0.4, 0.5) is 0 Å². The summed E-state index contributed by atoms with van der Waals surface area (Å²) in [7, 11) is 0. The minimum atomic E-state index is -0.141. The molecule has 2 heterocycles. The third-order valence-corrected chi connectivity index (χ3v) is 13.8. The highest BCUT2D eigenvalue weighted by atomic mass is 16.5. The second kappa shape index (κ2) is 11.4. The average Bonchev–Trinajstić information content (AvgIpc) is 3.25. The van der Waals surface area contributed by atoms with Crippen LogP contribution in [-0.4, -0.2) is 91.6 Å². The molecular formula is C34H57N2O5+. The van der Waals surface area contributed by atoms with E-state index in [9.17, 15) is 9.59 Å². The van der Waals surface area contributed by atoms with Crippen LogP contribution in [0.1, 0.15) is 98.8 Å². The number of nitrogens with zero attached hydrogens (tertiary/aromatic N) is 2. The number of rotatable bonds is 5. The first-order valence-electron chi connectivity index (χ1n) is 17.1. The van der Waals surface area contributed by atoms with Gasteiger partial charge >= 0.3 is 11.9 Å². The van der Waals surface area contributed by atoms with Gasteiger partial charge in [-0.2, -0.15) is 0 Å². The molecule has 0 N–H and O–H groups in total. The molecule has 7 nitrogen and oxygen atoms in total. The van der Waals surface area contributed by atoms with Crippen molar-refractivity contribution in [2.45, 2.75) is 123 Å². The van der Waals surface area contributed by atoms with Gasteiger partial charge in [-0.1, -0.05) is 13.8 Å². The Morgan fingerprint density at radius 1 is 0.902 bits per heavy atom. The minimum Gasteiger partial charge on any atom is -0.461 e. The van der Waals surface area contributed by atoms with Crippen LogP contribution in [0, 0.1) is 34.5 Å². The highest BCUT2D eigenvalue weighted by Crippen LogP contribution is 2.67. The number of carbonyl (C=O) groups excluding carboxylic acids is 2. The first-order chi connectivity index (χ1) is 19.6. The second-order valence-corrected chi connectivity index (χ2v) is 15.4. The van der Waals surface area contributed by atoms with Crippen LogP contribution < -0.4 is 0 Å². The monoisotopic (exact) mass is 573 g/mol. The summed E-state index contributed by atoms with van der Waals surface area (Å²) in [5, 5.41) is 0. The molecule has 4 aliphatic carbocycles. The molecule has 0 bridgehead atoms. The van der Waals surface area contributed by atoms with Crippen LogP contribution in [0.15, 0.2) is 0 Å². The van der Waals surface area contributed by atoms with E-state index in [1.165, 1.54) is 58.0 Å². The predicted octanol–water partition coefficient (Wildman–Crippen LogP) is 5.20. The molecular weight excluding hydrogens is 516 g/mol. The van der Waals surface area contributed by atoms with Gasteiger partial charge in [0.2, 0.25) is 0 Å². The summed E-state index contributed by atoms with van der Waals surface area (Å²) in [6, 6.07) is 0.716. The van der Waals surface area contributed by atoms with Crippen molar-refractivity contribution in [2.75, 3.05) is 45.9 Å². The molecule has 7 heteroatoms. The highest BCUT2D eigenvalue weighted by molar-refractivity contribution is 5.66. The fourth-order valence-corrected chi connectivity index (χ4v) is 11.8. The number of likely N-dealkylation sites (N-methyl/N-ethyl adjacent to an activating group) is 1. The molecule has 2 saturated heterocycles. The Morgan fingerprint density at radius 2 is 1.61 bits per heavy atom. The SMILES string of the molecule is CC[N+]1([C@H]2C[C@H]3[C@@H]4CC[C@H]5C[C@H](OC(C)=O)[C@@H](N6CCOCC6)C[C@]5(C)[C@H]4CC[C@]3(C)[C@H]2OC(C)=O)CCCCC1. The summed E-state index contributed by atoms with van der Waals surface area (Å²) in [6.45, 7) is 17.7. The van der Waals surface area contributed by atoms with E-state index in [0.29, 0.717) is 29.7 Å². The first-order valence-corrected chi connectivity index (χ1v) is 17.1. The van der Waals surface area contributed by atoms with E-state index in [0.717, 1.165) is 56.6 Å². The Balaban J connectivity index is 1.30. The van der Waals surface area contributed by atoms with Crippen LogP contribution in [-0.2, 0) is 23.8 Å². The van der Waals surface area contributed by atoms with Crippen LogP contribution in [0.2, 0.25) is 0 Å². The molecule has 0 aromatic rings. The number of likely N-dealkylation sites (tertiary alicyclic amines) is 1. The van der Waals surface area contributed by atoms with Gasteiger partial charge in [0.05, 0.1) is 32.8 Å². The van der Waals surface area contributed by atoms with Gasteiger partial charge in [0, 0.05) is 44.8 Å². The zero-order chi connectivity index (χ0) is 29.0. The molecule has 6 rings (SSSR count). The smallest absolute Gasteiger partial charge is 0.303 e. The van der Waals surface area contributed by atoms with Crippen LogP contribution in [0.3, 0.4) is 0 Å². The number of hydrogen-bond acceptors (Lipinski definition) is 6. The van der Waals surface area contributed by atoms with E-state index in [4.69, 9.17) is 14.2 Å². The van der Waals surface area contributed by atoms with Crippen molar-refractivity contribution < 1.29 is 28.3 Å². The summed E-state index contributed by atoms with van der Waals surface area (Å²) in [5.74, 6) is 2.36. The van der Waals surface area contributed by atoms with Crippen LogP contribution in [0.25, 0.3) is 0 Å². The van der Waals surface area contributed by atoms with E-state index in [1.54, 1.807) is 13.8 Å². The summed E-state index contributed by atoms with van der Waals surface area (Å²) in [5.41, 5.74) is 0.318. The number of ether oxygens (including phenoxy) is 3. The Hall–Kier alpha value is -1.18. The van der Waals surface area contributed by atoms with Gasteiger partial charge < -0.3 is 18.7 Å². The summed E-state index contributed by atoms with van der Waals surface area (Å²) in [4.78, 5) is 27.3. The lowest BCUT2D eigenvalue weighted by molar-refractivity contribution is -0.956. The molecule has 6 fully saturated rings. The Bertz CT molecular complexity index is 976. The van der Waals surface area contributed by atoms with E-state index < -0.39 is 0 Å². The van der Waals surface area contributed by atoms with Crippen LogP contribution in [0.5, 0.6) is 0 Å². The number of morpholine rings is 1. The van der Waals surface area contributed by atoms with Gasteiger partial charge in [0.1, 0.15) is 12.1 Å². The third-order valence-electron chi connectivity index (χ3n) is 13.8. The van der Waals surface area contributed by atoms with Gasteiger partial charge in [0.15, 0.2) is 6.10 Å². The van der Waals surface area contributed by atoms with Crippen molar-refractivity contribution in [3.8, 4) is 0 Å². The number of fused-ring (bicyclic) bond motifs is 5. The maximum atomic E-state index is 12.6. The maximum absolute atomic E-state index is 12.6. The molecule has 0 unspecified atom stereocenters. The molecule has 2 aliphatic heterocycles. The van der Waals surface area contributed by atoms with Crippen molar-refractivity contribution in [1.29, 1.82) is 0 Å². The van der Waals surface area contributed by atoms with Gasteiger partial charge in [0.25, 0.3) is 0 Å². The zero-order valence-electron chi connectivity index (χ0n) is 26.6. The van der Waals surface area contributed by atoms with Gasteiger partial charge in [-0.15, -0.1) is 0 Å². The van der Waals surface area contributed by atoms with Crippen molar-refractivity contribution >= 4 is 11.9 Å². The number of hydrogen-bond donors (Lipinski definition) is 0. The fraction of sp³-hybridized carbons (Fsp3) is 0.941. The molecule has 6 aliphatic rings. The normalized spacial score (nSPS) is 46.1. The highest BCUT2D eigenvalue weighted by Gasteiger charge is 2.67. The van der Waals surface area contributed by atoms with Crippen LogP contribution >= 0.6 is 0 Å². The van der Waals surface area contributed by atoms with Gasteiger partial charge in [-0.25, -0.2) is 0 Å². The number of carbonyl (C=O) groups is 2. The largest absolute Gasteiger partial charge is 0.461 e. The molecule has 4 saturated carbocycles. The van der Waals surface area contributed by atoms with E-state index >= 15 is 0 Å². The van der Waals surface area contributed by atoms with E-state index in [-0.39, 0.29) is 41.0 Å². The maximum Gasteiger partial charge on any atom is 0.303 e. The van der Waals surface area contributed by atoms with E-state index in [1.807, 2.05) is 0 Å². The Labute approximate surface area is 248 Å². The lowest BCUT2D eigenvalue weighted by atomic mass is 9.44. The number of quaternary nitrogens is 1. The summed E-state index contributed by atoms with van der Waals surface area (Å²) < 4.78 is 19.3. The lowest BCUT2D eigenvalue weighted by Gasteiger charge is -2.62. The van der Waals surface area contributed by atoms with Gasteiger partial charge in [-0.3, -0.25) is 14.5 Å². The molecule has 0 amide bonds. The van der Waals surface area contributed by atoms with E-state index in [2.05, 4.69) is 25.7 Å². The number of piperidine rings is 1. The molecule has 0 spiro atoms. The molecule has 10 atom stereocenters. The van der Waals surface area contributed by atoms with Gasteiger partial charge in [-0.05, 0) is 93.8 Å². The molecule has 0 aromatic carbocycles. The molecule has 232 valence electrons.